The van der Waals surface area contributed by atoms with Gasteiger partial charge in [0, 0.05) is 31.7 Å². The van der Waals surface area contributed by atoms with Crippen LogP contribution in [0, 0.1) is 5.41 Å². The maximum atomic E-state index is 14.2. The molecule has 266 valence electrons. The van der Waals surface area contributed by atoms with Gasteiger partial charge in [-0.1, -0.05) is 66.2 Å². The fourth-order valence-corrected chi connectivity index (χ4v) is 7.28. The van der Waals surface area contributed by atoms with Crippen molar-refractivity contribution in [2.24, 2.45) is 5.73 Å². The van der Waals surface area contributed by atoms with Crippen LogP contribution in [0.1, 0.15) is 48.1 Å². The second-order valence-electron chi connectivity index (χ2n) is 12.2. The van der Waals surface area contributed by atoms with Crippen LogP contribution in [-0.4, -0.2) is 84.1 Å². The quantitative estimate of drug-likeness (QED) is 0.0846. The Kier molecular flexibility index (Phi) is 12.9. The molecule has 0 saturated heterocycles. The molecule has 3 aromatic carbocycles. The average molecular weight is 706 g/mol. The summed E-state index contributed by atoms with van der Waals surface area (Å²) >= 11 is 0. The number of carbonyl (C=O) groups excluding carboxylic acids is 2. The number of rotatable bonds is 11. The summed E-state index contributed by atoms with van der Waals surface area (Å²) in [6.45, 7) is 6.14. The average Bonchev–Trinajstić information content (AvgIpc) is 3.07. The Morgan fingerprint density at radius 2 is 1.72 bits per heavy atom. The zero-order valence-electron chi connectivity index (χ0n) is 28.0. The standard InChI is InChI=1S/C35H41N5O5S.CH2O3/c1-3-45-35(42)32-18-24(2)14-17-40(32)34(41)31(20-26-10-7-11-28(19-26)33(36)37)38-46(43,44)30-13-12-27-15-16-39(23-29(27)21-30)22-25-8-5-4-6-9-25;2-1(3)4/h4-14,19,21,31-32,38H,3,15-18,20,22-23H2,1-2H3,(H3,36,37);(H2,2,3,4)/t31-,32+;/m0./s1. The van der Waals surface area contributed by atoms with E-state index in [-0.39, 0.29) is 30.3 Å². The van der Waals surface area contributed by atoms with Crippen LogP contribution in [0.4, 0.5) is 4.79 Å². The highest BCUT2D eigenvalue weighted by molar-refractivity contribution is 7.89. The number of fused-ring (bicyclic) bond motifs is 1. The number of amides is 1. The molecule has 2 heterocycles. The van der Waals surface area contributed by atoms with Crippen LogP contribution < -0.4 is 10.5 Å². The van der Waals surface area contributed by atoms with E-state index in [1.807, 2.05) is 37.3 Å². The third-order valence-electron chi connectivity index (χ3n) is 8.47. The van der Waals surface area contributed by atoms with E-state index in [9.17, 15) is 18.0 Å². The molecule has 0 saturated carbocycles. The Bertz CT molecular complexity index is 1840. The summed E-state index contributed by atoms with van der Waals surface area (Å²) in [6, 6.07) is 20.0. The third kappa shape index (κ3) is 10.2. The van der Waals surface area contributed by atoms with Gasteiger partial charge in [0.15, 0.2) is 0 Å². The number of sulfonamides is 1. The molecular weight excluding hydrogens is 662 g/mol. The van der Waals surface area contributed by atoms with Crippen LogP contribution in [-0.2, 0) is 50.3 Å². The summed E-state index contributed by atoms with van der Waals surface area (Å²) in [7, 11) is -4.17. The molecule has 5 rings (SSSR count). The first kappa shape index (κ1) is 37.8. The molecular formula is C36H43N5O8S. The number of amidine groups is 1. The predicted octanol–water partition coefficient (Wildman–Crippen LogP) is 3.75. The van der Waals surface area contributed by atoms with E-state index >= 15 is 0 Å². The molecule has 0 aliphatic carbocycles. The van der Waals surface area contributed by atoms with Crippen LogP contribution >= 0.6 is 0 Å². The van der Waals surface area contributed by atoms with Gasteiger partial charge in [-0.15, -0.1) is 0 Å². The zero-order chi connectivity index (χ0) is 36.4. The van der Waals surface area contributed by atoms with Crippen molar-refractivity contribution >= 4 is 33.9 Å². The SMILES string of the molecule is CCOC(=O)[C@H]1CC(C)=CCN1C(=O)[C@H](Cc1cccc(C(=N)N)c1)NS(=O)(=O)c1ccc2c(c1)CN(Cc1ccccc1)CC2.O=C(O)O. The number of carboxylic acid groups (broad SMARTS) is 2. The molecule has 3 aromatic rings. The molecule has 0 aromatic heterocycles. The minimum absolute atomic E-state index is 0.0102. The molecule has 0 fully saturated rings. The van der Waals surface area contributed by atoms with Gasteiger partial charge in [-0.3, -0.25) is 15.1 Å². The van der Waals surface area contributed by atoms with Crippen molar-refractivity contribution in [3.05, 3.63) is 112 Å². The van der Waals surface area contributed by atoms with Crippen molar-refractivity contribution in [1.82, 2.24) is 14.5 Å². The van der Waals surface area contributed by atoms with Crippen molar-refractivity contribution in [2.75, 3.05) is 19.7 Å². The number of nitrogens with zero attached hydrogens (tertiary/aromatic N) is 2. The van der Waals surface area contributed by atoms with E-state index in [4.69, 9.17) is 30.9 Å². The normalized spacial score (nSPS) is 16.6. The molecule has 6 N–H and O–H groups in total. The fraction of sp³-hybridized carbons (Fsp3) is 0.333. The lowest BCUT2D eigenvalue weighted by atomic mass is 9.98. The first-order chi connectivity index (χ1) is 23.8. The van der Waals surface area contributed by atoms with Gasteiger partial charge in [0.05, 0.1) is 11.5 Å². The summed E-state index contributed by atoms with van der Waals surface area (Å²) < 4.78 is 35.9. The predicted molar refractivity (Wildman–Crippen MR) is 187 cm³/mol. The molecule has 13 nitrogen and oxygen atoms in total. The molecule has 0 radical (unpaired) electrons. The van der Waals surface area contributed by atoms with Gasteiger partial charge in [-0.05, 0) is 73.6 Å². The smallest absolute Gasteiger partial charge is 0.464 e. The number of benzene rings is 3. The number of nitrogen functional groups attached to an aromatic ring is 1. The van der Waals surface area contributed by atoms with Crippen LogP contribution in [0.3, 0.4) is 0 Å². The number of carbonyl (C=O) groups is 3. The largest absolute Gasteiger partial charge is 0.503 e. The molecule has 1 amide bonds. The highest BCUT2D eigenvalue weighted by atomic mass is 32.2. The fourth-order valence-electron chi connectivity index (χ4n) is 6.04. The Balaban J connectivity index is 0.00000133. The van der Waals surface area contributed by atoms with Gasteiger partial charge in [-0.2, -0.15) is 4.72 Å². The highest BCUT2D eigenvalue weighted by Gasteiger charge is 2.38. The Hall–Kier alpha value is -5.05. The van der Waals surface area contributed by atoms with E-state index in [0.717, 1.165) is 36.2 Å². The van der Waals surface area contributed by atoms with Gasteiger partial charge >= 0.3 is 12.1 Å². The van der Waals surface area contributed by atoms with Gasteiger partial charge < -0.3 is 25.6 Å². The van der Waals surface area contributed by atoms with Crippen LogP contribution in [0.15, 0.2) is 89.3 Å². The van der Waals surface area contributed by atoms with Gasteiger partial charge in [0.1, 0.15) is 17.9 Å². The lowest BCUT2D eigenvalue weighted by Gasteiger charge is -2.35. The first-order valence-electron chi connectivity index (χ1n) is 16.2. The Morgan fingerprint density at radius 3 is 2.40 bits per heavy atom. The summed E-state index contributed by atoms with van der Waals surface area (Å²) in [4.78, 5) is 39.4. The van der Waals surface area contributed by atoms with Gasteiger partial charge in [-0.25, -0.2) is 18.0 Å². The third-order valence-corrected chi connectivity index (χ3v) is 9.94. The maximum Gasteiger partial charge on any atom is 0.503 e. The number of esters is 1. The lowest BCUT2D eigenvalue weighted by molar-refractivity contribution is -0.155. The van der Waals surface area contributed by atoms with E-state index < -0.39 is 40.1 Å². The van der Waals surface area contributed by atoms with E-state index in [2.05, 4.69) is 21.8 Å². The summed E-state index contributed by atoms with van der Waals surface area (Å²) in [5.74, 6) is -1.21. The second-order valence-corrected chi connectivity index (χ2v) is 13.9. The molecule has 14 heteroatoms. The van der Waals surface area contributed by atoms with Crippen LogP contribution in [0.5, 0.6) is 0 Å². The van der Waals surface area contributed by atoms with Crippen molar-refractivity contribution in [3.8, 4) is 0 Å². The zero-order valence-corrected chi connectivity index (χ0v) is 28.9. The number of hydrogen-bond donors (Lipinski definition) is 5. The molecule has 2 aliphatic heterocycles. The van der Waals surface area contributed by atoms with E-state index in [0.29, 0.717) is 24.1 Å². The molecule has 2 atom stereocenters. The topological polar surface area (TPSA) is 203 Å². The molecule has 2 aliphatic rings. The summed E-state index contributed by atoms with van der Waals surface area (Å²) in [5.41, 5.74) is 11.0. The number of hydrogen-bond acceptors (Lipinski definition) is 8. The molecule has 0 unspecified atom stereocenters. The lowest BCUT2D eigenvalue weighted by Crippen LogP contribution is -2.56. The first-order valence-corrected chi connectivity index (χ1v) is 17.6. The van der Waals surface area contributed by atoms with Gasteiger partial charge in [0.2, 0.25) is 15.9 Å². The molecule has 0 spiro atoms. The minimum atomic E-state index is -4.17. The number of nitrogens with two attached hydrogens (primary N) is 1. The van der Waals surface area contributed by atoms with Crippen molar-refractivity contribution in [2.45, 2.75) is 63.2 Å². The Morgan fingerprint density at radius 1 is 1.02 bits per heavy atom. The minimum Gasteiger partial charge on any atom is -0.464 e. The van der Waals surface area contributed by atoms with Crippen molar-refractivity contribution in [1.29, 1.82) is 5.41 Å². The van der Waals surface area contributed by atoms with Crippen molar-refractivity contribution in [3.63, 3.8) is 0 Å². The van der Waals surface area contributed by atoms with E-state index in [1.54, 1.807) is 43.3 Å². The number of nitrogens with one attached hydrogen (secondary N) is 2. The molecule has 0 bridgehead atoms. The number of ether oxygens (including phenoxy) is 1. The van der Waals surface area contributed by atoms with Crippen molar-refractivity contribution < 1.29 is 37.8 Å². The van der Waals surface area contributed by atoms with Crippen LogP contribution in [0.25, 0.3) is 0 Å². The summed E-state index contributed by atoms with van der Waals surface area (Å²) in [5, 5.41) is 21.8. The second kappa shape index (κ2) is 17.1. The van der Waals surface area contributed by atoms with Gasteiger partial charge in [0.25, 0.3) is 0 Å². The van der Waals surface area contributed by atoms with E-state index in [1.165, 1.54) is 10.5 Å². The maximum absolute atomic E-state index is 14.2. The Labute approximate surface area is 291 Å². The highest BCUT2D eigenvalue weighted by Crippen LogP contribution is 2.26. The monoisotopic (exact) mass is 705 g/mol. The molecule has 50 heavy (non-hydrogen) atoms. The summed E-state index contributed by atoms with van der Waals surface area (Å²) in [6.07, 6.45) is 1.12. The van der Waals surface area contributed by atoms with Crippen LogP contribution in [0.2, 0.25) is 0 Å².